The summed E-state index contributed by atoms with van der Waals surface area (Å²) in [5.41, 5.74) is 1.98. The number of rotatable bonds is 6. The highest BCUT2D eigenvalue weighted by Crippen LogP contribution is 2.42. The van der Waals surface area contributed by atoms with Crippen LogP contribution in [0, 0.1) is 5.41 Å². The molecule has 0 radical (unpaired) electrons. The van der Waals surface area contributed by atoms with E-state index in [1.54, 1.807) is 5.56 Å². The molecule has 1 aromatic rings. The van der Waals surface area contributed by atoms with Crippen LogP contribution in [0.25, 0.3) is 0 Å². The molecule has 106 valence electrons. The van der Waals surface area contributed by atoms with Crippen molar-refractivity contribution in [3.8, 4) is 0 Å². The van der Waals surface area contributed by atoms with Gasteiger partial charge in [0, 0.05) is 16.2 Å². The first-order valence-corrected chi connectivity index (χ1v) is 8.32. The highest BCUT2D eigenvalue weighted by Gasteiger charge is 2.28. The summed E-state index contributed by atoms with van der Waals surface area (Å²) in [6, 6.07) is 9.48. The number of benzene rings is 1. The third kappa shape index (κ3) is 4.54. The highest BCUT2D eigenvalue weighted by molar-refractivity contribution is 8.00. The summed E-state index contributed by atoms with van der Waals surface area (Å²) in [4.78, 5) is 1.50. The molecule has 0 aliphatic carbocycles. The Morgan fingerprint density at radius 2 is 2.05 bits per heavy atom. The largest absolute Gasteiger partial charge is 0.315 e. The van der Waals surface area contributed by atoms with Crippen LogP contribution in [-0.2, 0) is 6.42 Å². The lowest BCUT2D eigenvalue weighted by Crippen LogP contribution is -2.29. The van der Waals surface area contributed by atoms with Crippen molar-refractivity contribution >= 4 is 11.8 Å². The standard InChI is InChI=1S/C17H27NS/c1-13(2)18-10-9-17(3,4)12-15-11-14-7-5-6-8-16(14)19-15/h5-8,13,15,18H,9-12H2,1-4H3. The number of nitrogens with one attached hydrogen (secondary N) is 1. The van der Waals surface area contributed by atoms with Gasteiger partial charge in [-0.2, -0.15) is 0 Å². The molecule has 1 heterocycles. The Kier molecular flexibility index (Phi) is 4.97. The molecule has 0 amide bonds. The average molecular weight is 277 g/mol. The van der Waals surface area contributed by atoms with E-state index in [4.69, 9.17) is 0 Å². The predicted octanol–water partition coefficient (Wildman–Crippen LogP) is 4.51. The predicted molar refractivity (Wildman–Crippen MR) is 85.9 cm³/mol. The summed E-state index contributed by atoms with van der Waals surface area (Å²) in [7, 11) is 0. The molecule has 19 heavy (non-hydrogen) atoms. The van der Waals surface area contributed by atoms with Crippen LogP contribution in [-0.4, -0.2) is 17.8 Å². The fraction of sp³-hybridized carbons (Fsp3) is 0.647. The zero-order valence-corrected chi connectivity index (χ0v) is 13.5. The zero-order valence-electron chi connectivity index (χ0n) is 12.7. The van der Waals surface area contributed by atoms with Gasteiger partial charge in [0.05, 0.1) is 0 Å². The van der Waals surface area contributed by atoms with Gasteiger partial charge in [-0.1, -0.05) is 45.9 Å². The van der Waals surface area contributed by atoms with Gasteiger partial charge in [0.1, 0.15) is 0 Å². The molecule has 1 aromatic carbocycles. The van der Waals surface area contributed by atoms with Gasteiger partial charge in [-0.15, -0.1) is 11.8 Å². The number of fused-ring (bicyclic) bond motifs is 1. The third-order valence-electron chi connectivity index (χ3n) is 3.85. The number of hydrogen-bond acceptors (Lipinski definition) is 2. The lowest BCUT2D eigenvalue weighted by Gasteiger charge is -2.28. The molecule has 0 saturated heterocycles. The molecule has 0 aromatic heterocycles. The van der Waals surface area contributed by atoms with Gasteiger partial charge in [0.25, 0.3) is 0 Å². The Morgan fingerprint density at radius 1 is 1.32 bits per heavy atom. The Morgan fingerprint density at radius 3 is 2.74 bits per heavy atom. The molecule has 1 nitrogen and oxygen atoms in total. The van der Waals surface area contributed by atoms with Gasteiger partial charge >= 0.3 is 0 Å². The van der Waals surface area contributed by atoms with E-state index in [-0.39, 0.29) is 0 Å². The van der Waals surface area contributed by atoms with E-state index in [2.05, 4.69) is 69.0 Å². The minimum absolute atomic E-state index is 0.432. The van der Waals surface area contributed by atoms with Gasteiger partial charge in [0.15, 0.2) is 0 Å². The van der Waals surface area contributed by atoms with E-state index < -0.39 is 0 Å². The van der Waals surface area contributed by atoms with Crippen molar-refractivity contribution in [2.45, 2.75) is 63.1 Å². The molecule has 1 aliphatic heterocycles. The van der Waals surface area contributed by atoms with Crippen molar-refractivity contribution < 1.29 is 0 Å². The lowest BCUT2D eigenvalue weighted by molar-refractivity contribution is 0.295. The molecule has 1 aliphatic rings. The first-order valence-electron chi connectivity index (χ1n) is 7.44. The topological polar surface area (TPSA) is 12.0 Å². The Bertz CT molecular complexity index is 386. The smallest absolute Gasteiger partial charge is 0.0140 e. The second kappa shape index (κ2) is 6.32. The summed E-state index contributed by atoms with van der Waals surface area (Å²) in [6.45, 7) is 10.4. The van der Waals surface area contributed by atoms with E-state index in [0.717, 1.165) is 11.8 Å². The number of hydrogen-bond donors (Lipinski definition) is 1. The van der Waals surface area contributed by atoms with E-state index in [9.17, 15) is 0 Å². The molecule has 0 bridgehead atoms. The highest BCUT2D eigenvalue weighted by atomic mass is 32.2. The first kappa shape index (κ1) is 14.9. The van der Waals surface area contributed by atoms with Gasteiger partial charge in [-0.05, 0) is 42.9 Å². The third-order valence-corrected chi connectivity index (χ3v) is 5.17. The summed E-state index contributed by atoms with van der Waals surface area (Å²) >= 11 is 2.08. The van der Waals surface area contributed by atoms with Crippen LogP contribution >= 0.6 is 11.8 Å². The molecule has 0 fully saturated rings. The van der Waals surface area contributed by atoms with E-state index >= 15 is 0 Å². The summed E-state index contributed by atoms with van der Waals surface area (Å²) in [5.74, 6) is 0. The molecule has 0 saturated carbocycles. The van der Waals surface area contributed by atoms with Crippen LogP contribution in [0.3, 0.4) is 0 Å². The minimum atomic E-state index is 0.432. The van der Waals surface area contributed by atoms with Crippen LogP contribution in [0.1, 0.15) is 46.1 Å². The molecule has 1 atom stereocenters. The molecule has 1 unspecified atom stereocenters. The Hall–Kier alpha value is -0.470. The Balaban J connectivity index is 1.82. The van der Waals surface area contributed by atoms with Crippen molar-refractivity contribution in [1.82, 2.24) is 5.32 Å². The monoisotopic (exact) mass is 277 g/mol. The van der Waals surface area contributed by atoms with E-state index in [1.807, 2.05) is 0 Å². The molecular weight excluding hydrogens is 250 g/mol. The van der Waals surface area contributed by atoms with Crippen LogP contribution < -0.4 is 5.32 Å². The van der Waals surface area contributed by atoms with Crippen molar-refractivity contribution in [3.63, 3.8) is 0 Å². The van der Waals surface area contributed by atoms with E-state index in [1.165, 1.54) is 24.2 Å². The molecule has 1 N–H and O–H groups in total. The fourth-order valence-electron chi connectivity index (χ4n) is 2.79. The number of thioether (sulfide) groups is 1. The van der Waals surface area contributed by atoms with Crippen molar-refractivity contribution in [2.75, 3.05) is 6.54 Å². The molecule has 0 spiro atoms. The summed E-state index contributed by atoms with van der Waals surface area (Å²) < 4.78 is 0. The van der Waals surface area contributed by atoms with Crippen LogP contribution in [0.15, 0.2) is 29.2 Å². The van der Waals surface area contributed by atoms with Crippen LogP contribution in [0.2, 0.25) is 0 Å². The SMILES string of the molecule is CC(C)NCCC(C)(C)CC1Cc2ccccc2S1. The maximum absolute atomic E-state index is 3.54. The zero-order chi connectivity index (χ0) is 13.9. The maximum Gasteiger partial charge on any atom is 0.0140 e. The van der Waals surface area contributed by atoms with Crippen LogP contribution in [0.4, 0.5) is 0 Å². The molecule has 2 rings (SSSR count). The summed E-state index contributed by atoms with van der Waals surface area (Å²) in [6.07, 6.45) is 3.83. The minimum Gasteiger partial charge on any atom is -0.315 e. The second-order valence-electron chi connectivity index (χ2n) is 6.78. The van der Waals surface area contributed by atoms with Crippen molar-refractivity contribution in [2.24, 2.45) is 5.41 Å². The van der Waals surface area contributed by atoms with Gasteiger partial charge < -0.3 is 5.32 Å². The normalized spacial score (nSPS) is 18.9. The maximum atomic E-state index is 3.54. The first-order chi connectivity index (χ1) is 8.96. The lowest BCUT2D eigenvalue weighted by atomic mass is 9.83. The molecular formula is C17H27NS. The quantitative estimate of drug-likeness (QED) is 0.821. The summed E-state index contributed by atoms with van der Waals surface area (Å²) in [5, 5.41) is 4.31. The van der Waals surface area contributed by atoms with Gasteiger partial charge in [0.2, 0.25) is 0 Å². The van der Waals surface area contributed by atoms with Gasteiger partial charge in [-0.25, -0.2) is 0 Å². The van der Waals surface area contributed by atoms with Gasteiger partial charge in [-0.3, -0.25) is 0 Å². The molecule has 2 heteroatoms. The Labute approximate surface area is 122 Å². The average Bonchev–Trinajstić information content (AvgIpc) is 2.68. The van der Waals surface area contributed by atoms with Crippen LogP contribution in [0.5, 0.6) is 0 Å². The van der Waals surface area contributed by atoms with Crippen molar-refractivity contribution in [1.29, 1.82) is 0 Å². The second-order valence-corrected chi connectivity index (χ2v) is 8.12. The van der Waals surface area contributed by atoms with E-state index in [0.29, 0.717) is 11.5 Å². The van der Waals surface area contributed by atoms with Crippen molar-refractivity contribution in [3.05, 3.63) is 29.8 Å². The fourth-order valence-corrected chi connectivity index (χ4v) is 4.40.